The van der Waals surface area contributed by atoms with E-state index >= 15 is 0 Å². The molecular formula is C15H9BrClN3O2S. The van der Waals surface area contributed by atoms with Crippen LogP contribution in [0.4, 0.5) is 5.69 Å². The highest BCUT2D eigenvalue weighted by Gasteiger charge is 2.13. The Hall–Kier alpha value is -1.96. The number of anilines is 1. The third-order valence-corrected chi connectivity index (χ3v) is 4.55. The first-order valence-electron chi connectivity index (χ1n) is 6.44. The number of nitrogens with zero attached hydrogens (tertiary/aromatic N) is 1. The molecule has 3 rings (SSSR count). The van der Waals surface area contributed by atoms with Crippen molar-refractivity contribution in [3.05, 3.63) is 67.5 Å². The van der Waals surface area contributed by atoms with Crippen LogP contribution in [0.25, 0.3) is 10.6 Å². The van der Waals surface area contributed by atoms with Crippen LogP contribution in [0.15, 0.2) is 51.2 Å². The topological polar surface area (TPSA) is 74.8 Å². The van der Waals surface area contributed by atoms with Gasteiger partial charge in [0.2, 0.25) is 0 Å². The average Bonchev–Trinajstić information content (AvgIpc) is 3.02. The summed E-state index contributed by atoms with van der Waals surface area (Å²) in [6.07, 6.45) is 1.50. The van der Waals surface area contributed by atoms with Crippen LogP contribution >= 0.6 is 38.9 Å². The van der Waals surface area contributed by atoms with Crippen molar-refractivity contribution in [1.82, 2.24) is 9.97 Å². The quantitative estimate of drug-likeness (QED) is 0.680. The van der Waals surface area contributed by atoms with Crippen LogP contribution in [0.5, 0.6) is 0 Å². The van der Waals surface area contributed by atoms with Crippen LogP contribution in [-0.2, 0) is 0 Å². The zero-order chi connectivity index (χ0) is 16.4. The fourth-order valence-electron chi connectivity index (χ4n) is 1.84. The van der Waals surface area contributed by atoms with Crippen LogP contribution in [0, 0.1) is 0 Å². The molecule has 0 bridgehead atoms. The van der Waals surface area contributed by atoms with Crippen LogP contribution < -0.4 is 10.9 Å². The zero-order valence-electron chi connectivity index (χ0n) is 11.5. The van der Waals surface area contributed by atoms with E-state index in [1.54, 1.807) is 17.5 Å². The molecule has 0 spiro atoms. The van der Waals surface area contributed by atoms with E-state index in [1.165, 1.54) is 23.6 Å². The Morgan fingerprint density at radius 3 is 2.78 bits per heavy atom. The highest BCUT2D eigenvalue weighted by molar-refractivity contribution is 9.10. The maximum atomic E-state index is 12.2. The lowest BCUT2D eigenvalue weighted by atomic mass is 10.2. The van der Waals surface area contributed by atoms with Crippen LogP contribution in [-0.4, -0.2) is 15.9 Å². The minimum atomic E-state index is -0.440. The van der Waals surface area contributed by atoms with Crippen molar-refractivity contribution in [2.75, 3.05) is 5.32 Å². The summed E-state index contributed by atoms with van der Waals surface area (Å²) in [7, 11) is 0. The SMILES string of the molecule is O=C(Nc1cc(Br)c[nH]c1=O)c1csc(-c2ccc(Cl)cc2)n1. The Morgan fingerprint density at radius 1 is 1.30 bits per heavy atom. The first-order valence-corrected chi connectivity index (χ1v) is 8.49. The second-order valence-corrected chi connectivity index (χ2v) is 6.77. The van der Waals surface area contributed by atoms with Gasteiger partial charge in [0.1, 0.15) is 16.4 Å². The normalized spacial score (nSPS) is 10.5. The molecule has 5 nitrogen and oxygen atoms in total. The number of H-pyrrole nitrogens is 1. The Bertz CT molecular complexity index is 921. The summed E-state index contributed by atoms with van der Waals surface area (Å²) < 4.78 is 0.660. The highest BCUT2D eigenvalue weighted by Crippen LogP contribution is 2.25. The summed E-state index contributed by atoms with van der Waals surface area (Å²) in [6.45, 7) is 0. The summed E-state index contributed by atoms with van der Waals surface area (Å²) in [5.41, 5.74) is 0.901. The Morgan fingerprint density at radius 2 is 2.04 bits per heavy atom. The maximum Gasteiger partial charge on any atom is 0.275 e. The van der Waals surface area contributed by atoms with E-state index in [-0.39, 0.29) is 16.9 Å². The lowest BCUT2D eigenvalue weighted by Crippen LogP contribution is -2.19. The molecule has 2 heterocycles. The molecule has 0 aliphatic rings. The Balaban J connectivity index is 1.82. The summed E-state index contributed by atoms with van der Waals surface area (Å²) in [4.78, 5) is 30.7. The average molecular weight is 411 g/mol. The number of pyridine rings is 1. The maximum absolute atomic E-state index is 12.2. The lowest BCUT2D eigenvalue weighted by molar-refractivity contribution is 0.102. The number of amides is 1. The van der Waals surface area contributed by atoms with Gasteiger partial charge in [-0.1, -0.05) is 23.7 Å². The summed E-state index contributed by atoms with van der Waals surface area (Å²) >= 11 is 10.4. The molecule has 0 fully saturated rings. The van der Waals surface area contributed by atoms with Gasteiger partial charge in [-0.15, -0.1) is 11.3 Å². The lowest BCUT2D eigenvalue weighted by Gasteiger charge is -2.02. The van der Waals surface area contributed by atoms with E-state index in [1.807, 2.05) is 12.1 Å². The van der Waals surface area contributed by atoms with Gasteiger partial charge in [0.05, 0.1) is 0 Å². The van der Waals surface area contributed by atoms with E-state index in [2.05, 4.69) is 31.2 Å². The molecular weight excluding hydrogens is 402 g/mol. The van der Waals surface area contributed by atoms with Crippen molar-refractivity contribution in [2.45, 2.75) is 0 Å². The molecule has 23 heavy (non-hydrogen) atoms. The van der Waals surface area contributed by atoms with Crippen molar-refractivity contribution in [3.63, 3.8) is 0 Å². The molecule has 0 aliphatic heterocycles. The molecule has 8 heteroatoms. The molecule has 0 aliphatic carbocycles. The number of hydrogen-bond acceptors (Lipinski definition) is 4. The highest BCUT2D eigenvalue weighted by atomic mass is 79.9. The monoisotopic (exact) mass is 409 g/mol. The smallest absolute Gasteiger partial charge is 0.275 e. The predicted octanol–water partition coefficient (Wildman–Crippen LogP) is 4.17. The molecule has 0 saturated carbocycles. The molecule has 2 aromatic heterocycles. The first kappa shape index (κ1) is 15.9. The molecule has 0 radical (unpaired) electrons. The van der Waals surface area contributed by atoms with Gasteiger partial charge < -0.3 is 10.3 Å². The number of thiazole rings is 1. The first-order chi connectivity index (χ1) is 11.0. The third kappa shape index (κ3) is 3.69. The minimum absolute atomic E-state index is 0.158. The van der Waals surface area contributed by atoms with Gasteiger partial charge in [0, 0.05) is 26.6 Å². The summed E-state index contributed by atoms with van der Waals surface area (Å²) in [5.74, 6) is -0.440. The van der Waals surface area contributed by atoms with Gasteiger partial charge in [-0.2, -0.15) is 0 Å². The molecule has 116 valence electrons. The molecule has 0 unspecified atom stereocenters. The van der Waals surface area contributed by atoms with Gasteiger partial charge in [-0.25, -0.2) is 4.98 Å². The number of rotatable bonds is 3. The molecule has 3 aromatic rings. The fraction of sp³-hybridized carbons (Fsp3) is 0. The minimum Gasteiger partial charge on any atom is -0.326 e. The van der Waals surface area contributed by atoms with Gasteiger partial charge in [0.25, 0.3) is 11.5 Å². The van der Waals surface area contributed by atoms with Gasteiger partial charge in [0.15, 0.2) is 0 Å². The third-order valence-electron chi connectivity index (χ3n) is 2.94. The van der Waals surface area contributed by atoms with E-state index in [4.69, 9.17) is 11.6 Å². The second kappa shape index (κ2) is 6.66. The van der Waals surface area contributed by atoms with E-state index in [0.29, 0.717) is 14.5 Å². The molecule has 1 aromatic carbocycles. The number of benzene rings is 1. The number of nitrogens with one attached hydrogen (secondary N) is 2. The van der Waals surface area contributed by atoms with Crippen LogP contribution in [0.1, 0.15) is 10.5 Å². The Labute approximate surface area is 148 Å². The predicted molar refractivity (Wildman–Crippen MR) is 95.3 cm³/mol. The van der Waals surface area contributed by atoms with Crippen molar-refractivity contribution < 1.29 is 4.79 Å². The van der Waals surface area contributed by atoms with Crippen molar-refractivity contribution >= 4 is 50.5 Å². The summed E-state index contributed by atoms with van der Waals surface area (Å²) in [5, 5.41) is 5.54. The zero-order valence-corrected chi connectivity index (χ0v) is 14.6. The van der Waals surface area contributed by atoms with Crippen molar-refractivity contribution in [3.8, 4) is 10.6 Å². The Kier molecular flexibility index (Phi) is 4.61. The molecule has 0 saturated heterocycles. The fourth-order valence-corrected chi connectivity index (χ4v) is 3.12. The van der Waals surface area contributed by atoms with E-state index in [0.717, 1.165) is 5.56 Å². The van der Waals surface area contributed by atoms with Crippen molar-refractivity contribution in [2.24, 2.45) is 0 Å². The largest absolute Gasteiger partial charge is 0.326 e. The van der Waals surface area contributed by atoms with Crippen molar-refractivity contribution in [1.29, 1.82) is 0 Å². The van der Waals surface area contributed by atoms with Gasteiger partial charge in [-0.3, -0.25) is 9.59 Å². The standard InChI is InChI=1S/C15H9BrClN3O2S/c16-9-5-11(13(21)18-6-9)19-14(22)12-7-23-15(20-12)8-1-3-10(17)4-2-8/h1-7H,(H,18,21)(H,19,22). The summed E-state index contributed by atoms with van der Waals surface area (Å²) in [6, 6.07) is 8.73. The number of carbonyl (C=O) groups excluding carboxylic acids is 1. The van der Waals surface area contributed by atoms with Gasteiger partial charge >= 0.3 is 0 Å². The van der Waals surface area contributed by atoms with Crippen LogP contribution in [0.3, 0.4) is 0 Å². The van der Waals surface area contributed by atoms with E-state index in [9.17, 15) is 9.59 Å². The number of aromatic nitrogens is 2. The number of aromatic amines is 1. The molecule has 1 amide bonds. The van der Waals surface area contributed by atoms with E-state index < -0.39 is 5.91 Å². The molecule has 0 atom stereocenters. The second-order valence-electron chi connectivity index (χ2n) is 4.56. The molecule has 2 N–H and O–H groups in total. The van der Waals surface area contributed by atoms with Gasteiger partial charge in [-0.05, 0) is 34.1 Å². The number of halogens is 2. The number of carbonyl (C=O) groups is 1. The van der Waals surface area contributed by atoms with Crippen LogP contribution in [0.2, 0.25) is 5.02 Å². The number of hydrogen-bond donors (Lipinski definition) is 2.